The molecule has 0 aromatic heterocycles. The van der Waals surface area contributed by atoms with Crippen LogP contribution in [0.25, 0.3) is 0 Å². The van der Waals surface area contributed by atoms with E-state index in [0.29, 0.717) is 0 Å². The van der Waals surface area contributed by atoms with Crippen LogP contribution in [0.4, 0.5) is 0 Å². The van der Waals surface area contributed by atoms with E-state index in [9.17, 15) is 0 Å². The van der Waals surface area contributed by atoms with E-state index < -0.39 is 0 Å². The highest BCUT2D eigenvalue weighted by Crippen LogP contribution is 2.07. The van der Waals surface area contributed by atoms with E-state index >= 15 is 0 Å². The van der Waals surface area contributed by atoms with Crippen LogP contribution in [0.3, 0.4) is 0 Å². The van der Waals surface area contributed by atoms with Crippen molar-refractivity contribution >= 4 is 0 Å². The van der Waals surface area contributed by atoms with Gasteiger partial charge in [-0.15, -0.1) is 13.2 Å². The second-order valence-electron chi connectivity index (χ2n) is 3.61. The van der Waals surface area contributed by atoms with E-state index in [-0.39, 0.29) is 0 Å². The van der Waals surface area contributed by atoms with Crippen molar-refractivity contribution in [2.75, 3.05) is 0 Å². The molecule has 0 aliphatic rings. The Morgan fingerprint density at radius 2 is 1.29 bits per heavy atom. The smallest absolute Gasteiger partial charge is 0.0353 e. The maximum atomic E-state index is 3.71. The van der Waals surface area contributed by atoms with E-state index in [1.165, 1.54) is 51.4 Å². The number of hydrogen-bond acceptors (Lipinski definition) is 0. The third-order valence-electron chi connectivity index (χ3n) is 2.01. The summed E-state index contributed by atoms with van der Waals surface area (Å²) in [7, 11) is 0. The molecular weight excluding hydrogens is 168 g/mol. The average molecular weight is 196 g/mol. The number of rotatable bonds is 8. The minimum Gasteiger partial charge on any atom is -0.103 e. The van der Waals surface area contributed by atoms with E-state index in [1.807, 2.05) is 13.0 Å². The van der Waals surface area contributed by atoms with Crippen LogP contribution in [0.15, 0.2) is 25.3 Å². The molecule has 0 rings (SSSR count). The van der Waals surface area contributed by atoms with Crippen molar-refractivity contribution in [1.82, 2.24) is 0 Å². The Bertz CT molecular complexity index is 103. The molecule has 0 heterocycles. The first-order valence-corrected chi connectivity index (χ1v) is 6.01. The van der Waals surface area contributed by atoms with Crippen LogP contribution in [0, 0.1) is 0 Å². The van der Waals surface area contributed by atoms with Crippen LogP contribution in [-0.4, -0.2) is 0 Å². The molecule has 0 fully saturated rings. The topological polar surface area (TPSA) is 0 Å². The van der Waals surface area contributed by atoms with Gasteiger partial charge >= 0.3 is 0 Å². The van der Waals surface area contributed by atoms with Crippen molar-refractivity contribution in [2.45, 2.75) is 65.2 Å². The minimum absolute atomic E-state index is 1.20. The third-order valence-corrected chi connectivity index (χ3v) is 2.01. The fourth-order valence-electron chi connectivity index (χ4n) is 1.25. The van der Waals surface area contributed by atoms with Crippen LogP contribution in [0.2, 0.25) is 0 Å². The zero-order valence-electron chi connectivity index (χ0n) is 10.2. The van der Waals surface area contributed by atoms with Gasteiger partial charge in [0, 0.05) is 0 Å². The van der Waals surface area contributed by atoms with Crippen molar-refractivity contribution in [3.63, 3.8) is 0 Å². The summed E-state index contributed by atoms with van der Waals surface area (Å²) >= 11 is 0. The zero-order valence-corrected chi connectivity index (χ0v) is 10.2. The van der Waals surface area contributed by atoms with E-state index in [2.05, 4.69) is 20.1 Å². The molecule has 0 aliphatic carbocycles. The second-order valence-corrected chi connectivity index (χ2v) is 3.61. The number of allylic oxidation sites excluding steroid dienone is 2. The Balaban J connectivity index is 0. The van der Waals surface area contributed by atoms with Crippen LogP contribution < -0.4 is 0 Å². The Morgan fingerprint density at radius 3 is 1.71 bits per heavy atom. The van der Waals surface area contributed by atoms with Crippen molar-refractivity contribution in [2.24, 2.45) is 0 Å². The molecular formula is C14H28. The van der Waals surface area contributed by atoms with Crippen LogP contribution in [0.1, 0.15) is 65.2 Å². The largest absolute Gasteiger partial charge is 0.103 e. The maximum Gasteiger partial charge on any atom is -0.0353 e. The van der Waals surface area contributed by atoms with Crippen molar-refractivity contribution < 1.29 is 0 Å². The molecule has 0 saturated heterocycles. The first-order valence-electron chi connectivity index (χ1n) is 6.01. The normalized spacial score (nSPS) is 8.71. The lowest BCUT2D eigenvalue weighted by molar-refractivity contribution is 0.592. The maximum absolute atomic E-state index is 3.71. The average Bonchev–Trinajstić information content (AvgIpc) is 2.18. The lowest BCUT2D eigenvalue weighted by atomic mass is 10.1. The summed E-state index contributed by atoms with van der Waals surface area (Å²) in [6.07, 6.45) is 14.8. The summed E-state index contributed by atoms with van der Waals surface area (Å²) in [6, 6.07) is 0. The molecule has 0 atom stereocenters. The van der Waals surface area contributed by atoms with E-state index in [0.717, 1.165) is 0 Å². The van der Waals surface area contributed by atoms with Gasteiger partial charge in [0.15, 0.2) is 0 Å². The van der Waals surface area contributed by atoms with Gasteiger partial charge < -0.3 is 0 Å². The lowest BCUT2D eigenvalue weighted by Crippen LogP contribution is -1.78. The van der Waals surface area contributed by atoms with Gasteiger partial charge in [-0.05, 0) is 19.8 Å². The van der Waals surface area contributed by atoms with Crippen LogP contribution in [-0.2, 0) is 0 Å². The monoisotopic (exact) mass is 196 g/mol. The first-order chi connectivity index (χ1) is 6.83. The fraction of sp³-hybridized carbons (Fsp3) is 0.714. The van der Waals surface area contributed by atoms with Crippen molar-refractivity contribution in [3.05, 3.63) is 25.3 Å². The molecule has 0 saturated carbocycles. The Kier molecular flexibility index (Phi) is 20.8. The summed E-state index contributed by atoms with van der Waals surface area (Å²) in [4.78, 5) is 0. The molecule has 14 heavy (non-hydrogen) atoms. The molecule has 0 aromatic rings. The molecule has 0 heteroatoms. The minimum atomic E-state index is 1.20. The summed E-state index contributed by atoms with van der Waals surface area (Å²) < 4.78 is 0. The highest BCUT2D eigenvalue weighted by Gasteiger charge is 1.88. The molecule has 0 unspecified atom stereocenters. The number of unbranched alkanes of at least 4 members (excludes halogenated alkanes) is 7. The fourth-order valence-corrected chi connectivity index (χ4v) is 1.25. The quantitative estimate of drug-likeness (QED) is 0.355. The van der Waals surface area contributed by atoms with Gasteiger partial charge in [-0.3, -0.25) is 0 Å². The Labute approximate surface area is 91.1 Å². The van der Waals surface area contributed by atoms with E-state index in [1.54, 1.807) is 6.08 Å². The highest BCUT2D eigenvalue weighted by atomic mass is 13.9. The molecule has 0 bridgehead atoms. The van der Waals surface area contributed by atoms with Crippen molar-refractivity contribution in [1.29, 1.82) is 0 Å². The predicted molar refractivity (Wildman–Crippen MR) is 68.7 cm³/mol. The third kappa shape index (κ3) is 22.5. The molecule has 0 nitrogen and oxygen atoms in total. The van der Waals surface area contributed by atoms with Gasteiger partial charge in [-0.25, -0.2) is 0 Å². The molecule has 0 radical (unpaired) electrons. The Hall–Kier alpha value is -0.520. The van der Waals surface area contributed by atoms with Gasteiger partial charge in [-0.2, -0.15) is 0 Å². The zero-order chi connectivity index (χ0) is 11.1. The summed E-state index contributed by atoms with van der Waals surface area (Å²) in [6.45, 7) is 11.2. The molecule has 0 amide bonds. The van der Waals surface area contributed by atoms with Crippen molar-refractivity contribution in [3.8, 4) is 0 Å². The summed E-state index contributed by atoms with van der Waals surface area (Å²) in [5.74, 6) is 0. The van der Waals surface area contributed by atoms with Gasteiger partial charge in [0.2, 0.25) is 0 Å². The van der Waals surface area contributed by atoms with Gasteiger partial charge in [0.1, 0.15) is 0 Å². The summed E-state index contributed by atoms with van der Waals surface area (Å²) in [5, 5.41) is 0. The second kappa shape index (κ2) is 18.3. The van der Waals surface area contributed by atoms with Gasteiger partial charge in [0.05, 0.1) is 0 Å². The van der Waals surface area contributed by atoms with Crippen LogP contribution in [0.5, 0.6) is 0 Å². The Morgan fingerprint density at radius 1 is 0.857 bits per heavy atom. The summed E-state index contributed by atoms with van der Waals surface area (Å²) in [5.41, 5.74) is 0. The SMILES string of the molecule is C=CC.C=CCCCCCCCCC. The molecule has 0 aromatic carbocycles. The standard InChI is InChI=1S/C11H22.C3H6/c1-3-5-7-9-11-10-8-6-4-2;1-3-2/h3H,1,4-11H2,2H3;3H,1H2,2H3. The lowest BCUT2D eigenvalue weighted by Gasteiger charge is -1.98. The molecule has 0 N–H and O–H groups in total. The molecule has 0 spiro atoms. The van der Waals surface area contributed by atoms with Gasteiger partial charge in [0.25, 0.3) is 0 Å². The van der Waals surface area contributed by atoms with Gasteiger partial charge in [-0.1, -0.05) is 57.6 Å². The highest BCUT2D eigenvalue weighted by molar-refractivity contribution is 4.65. The molecule has 84 valence electrons. The van der Waals surface area contributed by atoms with Crippen LogP contribution >= 0.6 is 0 Å². The molecule has 0 aliphatic heterocycles. The van der Waals surface area contributed by atoms with E-state index in [4.69, 9.17) is 0 Å². The first kappa shape index (κ1) is 15.9. The predicted octanol–water partition coefficient (Wildman–Crippen LogP) is 5.51. The number of hydrogen-bond donors (Lipinski definition) is 0.